The third kappa shape index (κ3) is 57.6. The van der Waals surface area contributed by atoms with Crippen molar-refractivity contribution < 1.29 is 37.3 Å². The highest BCUT2D eigenvalue weighted by Gasteiger charge is 2.27. The van der Waals surface area contributed by atoms with Crippen molar-refractivity contribution in [3.8, 4) is 0 Å². The van der Waals surface area contributed by atoms with Crippen molar-refractivity contribution in [1.82, 2.24) is 5.32 Å². The number of carbonyl (C=O) groups is 2. The molecule has 0 saturated heterocycles. The molecule has 3 atom stereocenters. The maximum absolute atomic E-state index is 13.5. The lowest BCUT2D eigenvalue weighted by molar-refractivity contribution is -0.870. The number of allylic oxidation sites excluding steroid dienone is 15. The first-order chi connectivity index (χ1) is 37.9. The van der Waals surface area contributed by atoms with Crippen molar-refractivity contribution in [1.29, 1.82) is 0 Å². The van der Waals surface area contributed by atoms with Crippen LogP contribution >= 0.6 is 7.82 Å². The number of likely N-dealkylation sites (N-methyl/N-ethyl adjacent to an activating group) is 1. The van der Waals surface area contributed by atoms with Gasteiger partial charge in [0.2, 0.25) is 5.91 Å². The molecule has 0 fully saturated rings. The summed E-state index contributed by atoms with van der Waals surface area (Å²) >= 11 is 0. The second kappa shape index (κ2) is 57.2. The quantitative estimate of drug-likeness (QED) is 0.0212. The van der Waals surface area contributed by atoms with Crippen LogP contribution in [-0.2, 0) is 27.9 Å². The topological polar surface area (TPSA) is 114 Å². The first-order valence-electron chi connectivity index (χ1n) is 32.0. The summed E-state index contributed by atoms with van der Waals surface area (Å²) < 4.78 is 30.3. The average molecular weight is 1110 g/mol. The van der Waals surface area contributed by atoms with Crippen LogP contribution in [0.1, 0.15) is 271 Å². The predicted molar refractivity (Wildman–Crippen MR) is 334 cm³/mol. The van der Waals surface area contributed by atoms with Crippen LogP contribution in [0.15, 0.2) is 97.2 Å². The van der Waals surface area contributed by atoms with Crippen LogP contribution in [0.5, 0.6) is 0 Å². The van der Waals surface area contributed by atoms with E-state index in [1.165, 1.54) is 103 Å². The summed E-state index contributed by atoms with van der Waals surface area (Å²) in [4.78, 5) is 40.0. The number of ether oxygens (including phenoxy) is 1. The van der Waals surface area contributed by atoms with Crippen LogP contribution in [0.4, 0.5) is 0 Å². The van der Waals surface area contributed by atoms with Crippen molar-refractivity contribution in [3.63, 3.8) is 0 Å². The van der Waals surface area contributed by atoms with E-state index in [0.717, 1.165) is 122 Å². The summed E-state index contributed by atoms with van der Waals surface area (Å²) in [5.41, 5.74) is 0. The molecule has 0 radical (unpaired) electrons. The zero-order valence-electron chi connectivity index (χ0n) is 51.3. The Morgan fingerprint density at radius 3 is 1.26 bits per heavy atom. The molecule has 0 rings (SSSR count). The lowest BCUT2D eigenvalue weighted by Gasteiger charge is -2.30. The fourth-order valence-electron chi connectivity index (χ4n) is 8.81. The number of unbranched alkanes of at least 4 members (excludes halogenated alkanes) is 27. The van der Waals surface area contributed by atoms with E-state index in [1.54, 1.807) is 0 Å². The molecule has 10 heteroatoms. The number of esters is 1. The van der Waals surface area contributed by atoms with Crippen molar-refractivity contribution in [2.45, 2.75) is 283 Å². The van der Waals surface area contributed by atoms with Gasteiger partial charge in [-0.3, -0.25) is 14.2 Å². The molecule has 3 unspecified atom stereocenters. The Labute approximate surface area is 481 Å². The maximum Gasteiger partial charge on any atom is 0.306 e. The minimum absolute atomic E-state index is 0.0314. The van der Waals surface area contributed by atoms with Gasteiger partial charge in [-0.1, -0.05) is 247 Å². The number of rotatable bonds is 57. The summed E-state index contributed by atoms with van der Waals surface area (Å²) in [6.07, 6.45) is 76.6. The molecule has 0 aromatic rings. The fourth-order valence-corrected chi connectivity index (χ4v) is 9.54. The van der Waals surface area contributed by atoms with Gasteiger partial charge < -0.3 is 28.5 Å². The van der Waals surface area contributed by atoms with Crippen molar-refractivity contribution in [2.75, 3.05) is 40.9 Å². The molecule has 450 valence electrons. The molecule has 1 amide bonds. The highest BCUT2D eigenvalue weighted by Crippen LogP contribution is 2.38. The monoisotopic (exact) mass is 1110 g/mol. The van der Waals surface area contributed by atoms with Crippen molar-refractivity contribution >= 4 is 19.7 Å². The first-order valence-corrected chi connectivity index (χ1v) is 33.5. The number of hydrogen-bond acceptors (Lipinski definition) is 7. The van der Waals surface area contributed by atoms with Crippen LogP contribution in [0, 0.1) is 0 Å². The van der Waals surface area contributed by atoms with Gasteiger partial charge in [-0.15, -0.1) is 0 Å². The Bertz CT molecular complexity index is 1660. The summed E-state index contributed by atoms with van der Waals surface area (Å²) in [6, 6.07) is -0.907. The van der Waals surface area contributed by atoms with E-state index >= 15 is 0 Å². The normalized spacial score (nSPS) is 14.3. The van der Waals surface area contributed by atoms with E-state index in [0.29, 0.717) is 23.9 Å². The van der Waals surface area contributed by atoms with Gasteiger partial charge in [-0.05, 0) is 109 Å². The van der Waals surface area contributed by atoms with Gasteiger partial charge in [0, 0.05) is 12.8 Å². The van der Waals surface area contributed by atoms with Crippen molar-refractivity contribution in [2.24, 2.45) is 0 Å². The standard InChI is InChI=1S/C68H121N2O7P/c1-7-10-13-16-19-22-25-28-30-31-32-33-34-35-36-37-38-39-40-43-46-49-52-55-58-61-68(72)77-66(59-56-53-50-47-44-41-27-24-21-18-15-12-9-3)65(64-76-78(73,74)75-63-62-70(4,5)6)69-67(71)60-57-54-51-48-45-42-29-26-23-20-17-14-11-8-2/h10,13,19,22,28,30,32-33,35-36,38-39,42,45,56,59,65-66H,7-9,11-12,14-18,20-21,23-27,29,31,34,37,40-41,43-44,46-55,57-58,60-64H2,1-6H3,(H-,69,71,73,74)/b13-10-,22-19-,30-28-,33-32-,36-35-,39-38-,45-42-,59-56-. The molecular formula is C68H121N2O7P. The van der Waals surface area contributed by atoms with Crippen LogP contribution in [-0.4, -0.2) is 69.4 Å². The van der Waals surface area contributed by atoms with Gasteiger partial charge in [0.15, 0.2) is 0 Å². The van der Waals surface area contributed by atoms with Gasteiger partial charge >= 0.3 is 5.97 Å². The van der Waals surface area contributed by atoms with Gasteiger partial charge in [0.05, 0.1) is 33.8 Å². The Morgan fingerprint density at radius 2 is 0.821 bits per heavy atom. The zero-order chi connectivity index (χ0) is 57.2. The van der Waals surface area contributed by atoms with Crippen LogP contribution in [0.25, 0.3) is 0 Å². The number of quaternary nitrogens is 1. The SMILES string of the molecule is CC/C=C\C/C=C\C/C=C\C/C=C\C/C=C\C/C=C\CCCCCCCCC(=O)OC(/C=C\CCCCCCCCCCCCC)C(COP(=O)([O-])OCC[N+](C)(C)C)NC(=O)CCCCC/C=C\CCCCCCCCC. The third-order valence-corrected chi connectivity index (χ3v) is 14.7. The van der Waals surface area contributed by atoms with Crippen LogP contribution in [0.3, 0.4) is 0 Å². The summed E-state index contributed by atoms with van der Waals surface area (Å²) in [7, 11) is 1.16. The molecule has 0 aliphatic rings. The lowest BCUT2D eigenvalue weighted by atomic mass is 10.0. The molecule has 0 saturated carbocycles. The van der Waals surface area contributed by atoms with Gasteiger partial charge in [-0.2, -0.15) is 0 Å². The minimum atomic E-state index is -4.71. The number of hydrogen-bond donors (Lipinski definition) is 1. The van der Waals surface area contributed by atoms with Gasteiger partial charge in [-0.25, -0.2) is 0 Å². The Kier molecular flexibility index (Phi) is 54.9. The number of phosphoric acid groups is 1. The summed E-state index contributed by atoms with van der Waals surface area (Å²) in [6.45, 7) is 6.70. The average Bonchev–Trinajstić information content (AvgIpc) is 3.40. The number of nitrogens with one attached hydrogen (secondary N) is 1. The third-order valence-electron chi connectivity index (χ3n) is 13.7. The number of amides is 1. The largest absolute Gasteiger partial charge is 0.756 e. The molecule has 9 nitrogen and oxygen atoms in total. The molecule has 0 aromatic heterocycles. The molecule has 0 aromatic carbocycles. The molecule has 78 heavy (non-hydrogen) atoms. The molecule has 0 heterocycles. The smallest absolute Gasteiger partial charge is 0.306 e. The molecule has 1 N–H and O–H groups in total. The second-order valence-electron chi connectivity index (χ2n) is 22.5. The summed E-state index contributed by atoms with van der Waals surface area (Å²) in [5, 5.41) is 3.02. The highest BCUT2D eigenvalue weighted by atomic mass is 31.2. The number of phosphoric ester groups is 1. The van der Waals surface area contributed by atoms with Crippen molar-refractivity contribution in [3.05, 3.63) is 97.2 Å². The van der Waals surface area contributed by atoms with E-state index in [1.807, 2.05) is 33.3 Å². The second-order valence-corrected chi connectivity index (χ2v) is 23.9. The van der Waals surface area contributed by atoms with E-state index in [4.69, 9.17) is 13.8 Å². The Hall–Kier alpha value is -3.07. The minimum Gasteiger partial charge on any atom is -0.756 e. The van der Waals surface area contributed by atoms with E-state index in [-0.39, 0.29) is 31.3 Å². The molecule has 0 aliphatic carbocycles. The highest BCUT2D eigenvalue weighted by molar-refractivity contribution is 7.45. The van der Waals surface area contributed by atoms with Gasteiger partial charge in [0.25, 0.3) is 7.82 Å². The first kappa shape index (κ1) is 74.9. The Balaban J connectivity index is 5.25. The lowest BCUT2D eigenvalue weighted by Crippen LogP contribution is -2.47. The number of carbonyl (C=O) groups excluding carboxylic acids is 2. The Morgan fingerprint density at radius 1 is 0.462 bits per heavy atom. The number of nitrogens with zero attached hydrogens (tertiary/aromatic N) is 1. The van der Waals surface area contributed by atoms with Crippen LogP contribution in [0.2, 0.25) is 0 Å². The maximum atomic E-state index is 13.5. The van der Waals surface area contributed by atoms with E-state index < -0.39 is 26.6 Å². The zero-order valence-corrected chi connectivity index (χ0v) is 52.2. The molecular weight excluding hydrogens is 988 g/mol. The van der Waals surface area contributed by atoms with E-state index in [2.05, 4.69) is 111 Å². The molecule has 0 aliphatic heterocycles. The van der Waals surface area contributed by atoms with Gasteiger partial charge in [0.1, 0.15) is 19.3 Å². The van der Waals surface area contributed by atoms with Crippen LogP contribution < -0.4 is 10.2 Å². The summed E-state index contributed by atoms with van der Waals surface area (Å²) in [5.74, 6) is -0.578. The molecule has 0 bridgehead atoms. The predicted octanol–water partition coefficient (Wildman–Crippen LogP) is 19.3. The fraction of sp³-hybridized carbons (Fsp3) is 0.735. The van der Waals surface area contributed by atoms with E-state index in [9.17, 15) is 19.0 Å². The molecule has 0 spiro atoms.